The first-order chi connectivity index (χ1) is 7.48. The van der Waals surface area contributed by atoms with Gasteiger partial charge in [0.1, 0.15) is 5.60 Å². The highest BCUT2D eigenvalue weighted by atomic mass is 16.6. The Labute approximate surface area is 99.9 Å². The maximum absolute atomic E-state index is 5.57. The molecule has 1 fully saturated rings. The van der Waals surface area contributed by atoms with E-state index in [1.807, 2.05) is 6.08 Å². The lowest BCUT2D eigenvalue weighted by atomic mass is 10.0. The predicted octanol–water partition coefficient (Wildman–Crippen LogP) is 4.41. The van der Waals surface area contributed by atoms with Gasteiger partial charge in [0.2, 0.25) is 0 Å². The summed E-state index contributed by atoms with van der Waals surface area (Å²) in [5, 5.41) is 0. The third kappa shape index (κ3) is 3.97. The van der Waals surface area contributed by atoms with E-state index < -0.39 is 0 Å². The van der Waals surface area contributed by atoms with Crippen molar-refractivity contribution in [3.63, 3.8) is 0 Å². The standard InChI is InChI=1S/C15H24O/c1-6-15(5)14(16-15)11-10-13(4)9-7-8-12(2)3/h6,8,10,14H,1,7,9,11H2,2-5H3/b13-10+. The summed E-state index contributed by atoms with van der Waals surface area (Å²) in [6.45, 7) is 12.4. The van der Waals surface area contributed by atoms with E-state index in [0.29, 0.717) is 6.10 Å². The van der Waals surface area contributed by atoms with Gasteiger partial charge in [-0.2, -0.15) is 0 Å². The number of hydrogen-bond acceptors (Lipinski definition) is 1. The minimum Gasteiger partial charge on any atom is -0.362 e. The molecule has 1 rings (SSSR count). The van der Waals surface area contributed by atoms with Crippen molar-refractivity contribution < 1.29 is 4.74 Å². The molecular weight excluding hydrogens is 196 g/mol. The number of hydrogen-bond donors (Lipinski definition) is 0. The molecule has 0 bridgehead atoms. The smallest absolute Gasteiger partial charge is 0.110 e. The molecule has 0 aromatic rings. The van der Waals surface area contributed by atoms with E-state index in [0.717, 1.165) is 19.3 Å². The Bertz CT molecular complexity index is 307. The van der Waals surface area contributed by atoms with Crippen LogP contribution in [0.25, 0.3) is 0 Å². The molecular formula is C15H24O. The lowest BCUT2D eigenvalue weighted by Gasteiger charge is -1.99. The molecule has 0 aromatic heterocycles. The van der Waals surface area contributed by atoms with Crippen molar-refractivity contribution in [2.24, 2.45) is 0 Å². The number of epoxide rings is 1. The Morgan fingerprint density at radius 1 is 1.31 bits per heavy atom. The lowest BCUT2D eigenvalue weighted by Crippen LogP contribution is -2.03. The van der Waals surface area contributed by atoms with Crippen molar-refractivity contribution in [2.45, 2.75) is 58.7 Å². The number of ether oxygens (including phenoxy) is 1. The van der Waals surface area contributed by atoms with Crippen LogP contribution in [0.5, 0.6) is 0 Å². The van der Waals surface area contributed by atoms with Gasteiger partial charge in [0.25, 0.3) is 0 Å². The molecule has 2 unspecified atom stereocenters. The van der Waals surface area contributed by atoms with Gasteiger partial charge in [0.15, 0.2) is 0 Å². The van der Waals surface area contributed by atoms with E-state index in [9.17, 15) is 0 Å². The molecule has 2 atom stereocenters. The average molecular weight is 220 g/mol. The van der Waals surface area contributed by atoms with Gasteiger partial charge in [-0.25, -0.2) is 0 Å². The highest BCUT2D eigenvalue weighted by molar-refractivity contribution is 5.14. The van der Waals surface area contributed by atoms with E-state index >= 15 is 0 Å². The zero-order chi connectivity index (χ0) is 12.2. The fraction of sp³-hybridized carbons (Fsp3) is 0.600. The van der Waals surface area contributed by atoms with Crippen molar-refractivity contribution in [3.8, 4) is 0 Å². The van der Waals surface area contributed by atoms with Crippen molar-refractivity contribution in [1.82, 2.24) is 0 Å². The van der Waals surface area contributed by atoms with Gasteiger partial charge in [-0.1, -0.05) is 29.4 Å². The first-order valence-electron chi connectivity index (χ1n) is 6.08. The van der Waals surface area contributed by atoms with Crippen molar-refractivity contribution >= 4 is 0 Å². The highest BCUT2D eigenvalue weighted by Crippen LogP contribution is 2.39. The van der Waals surface area contributed by atoms with Gasteiger partial charge in [-0.05, 0) is 47.0 Å². The van der Waals surface area contributed by atoms with Crippen LogP contribution < -0.4 is 0 Å². The van der Waals surface area contributed by atoms with Gasteiger partial charge < -0.3 is 4.74 Å². The molecule has 0 radical (unpaired) electrons. The minimum atomic E-state index is -0.0588. The number of allylic oxidation sites excluding steroid dienone is 3. The van der Waals surface area contributed by atoms with Gasteiger partial charge in [-0.3, -0.25) is 0 Å². The Morgan fingerprint density at radius 3 is 2.50 bits per heavy atom. The van der Waals surface area contributed by atoms with Gasteiger partial charge in [0, 0.05) is 0 Å². The topological polar surface area (TPSA) is 12.5 Å². The normalized spacial score (nSPS) is 28.8. The van der Waals surface area contributed by atoms with Gasteiger partial charge >= 0.3 is 0 Å². The van der Waals surface area contributed by atoms with Crippen molar-refractivity contribution in [3.05, 3.63) is 36.0 Å². The van der Waals surface area contributed by atoms with Crippen molar-refractivity contribution in [2.75, 3.05) is 0 Å². The quantitative estimate of drug-likeness (QED) is 0.477. The molecule has 1 heterocycles. The Kier molecular flexibility index (Phi) is 4.55. The third-order valence-corrected chi connectivity index (χ3v) is 3.16. The van der Waals surface area contributed by atoms with Crippen LogP contribution in [0.2, 0.25) is 0 Å². The van der Waals surface area contributed by atoms with Crippen LogP contribution in [0, 0.1) is 0 Å². The summed E-state index contributed by atoms with van der Waals surface area (Å²) < 4.78 is 5.57. The van der Waals surface area contributed by atoms with E-state index in [1.165, 1.54) is 11.1 Å². The first-order valence-corrected chi connectivity index (χ1v) is 6.08. The van der Waals surface area contributed by atoms with Gasteiger partial charge in [-0.15, -0.1) is 6.58 Å². The maximum Gasteiger partial charge on any atom is 0.110 e. The highest BCUT2D eigenvalue weighted by Gasteiger charge is 2.48. The molecule has 90 valence electrons. The lowest BCUT2D eigenvalue weighted by molar-refractivity contribution is 0.343. The summed E-state index contributed by atoms with van der Waals surface area (Å²) in [7, 11) is 0. The molecule has 1 aliphatic heterocycles. The fourth-order valence-corrected chi connectivity index (χ4v) is 1.73. The molecule has 16 heavy (non-hydrogen) atoms. The van der Waals surface area contributed by atoms with E-state index in [4.69, 9.17) is 4.74 Å². The summed E-state index contributed by atoms with van der Waals surface area (Å²) in [5.41, 5.74) is 2.80. The fourth-order valence-electron chi connectivity index (χ4n) is 1.73. The third-order valence-electron chi connectivity index (χ3n) is 3.16. The largest absolute Gasteiger partial charge is 0.362 e. The van der Waals surface area contributed by atoms with Crippen LogP contribution in [0.4, 0.5) is 0 Å². The molecule has 1 heteroatoms. The Balaban J connectivity index is 2.25. The van der Waals surface area contributed by atoms with E-state index in [2.05, 4.69) is 46.4 Å². The van der Waals surface area contributed by atoms with Crippen LogP contribution in [0.15, 0.2) is 36.0 Å². The predicted molar refractivity (Wildman–Crippen MR) is 70.5 cm³/mol. The Morgan fingerprint density at radius 2 is 2.00 bits per heavy atom. The van der Waals surface area contributed by atoms with Crippen LogP contribution in [-0.4, -0.2) is 11.7 Å². The summed E-state index contributed by atoms with van der Waals surface area (Å²) in [5.74, 6) is 0. The second kappa shape index (κ2) is 5.49. The van der Waals surface area contributed by atoms with Crippen molar-refractivity contribution in [1.29, 1.82) is 0 Å². The monoisotopic (exact) mass is 220 g/mol. The summed E-state index contributed by atoms with van der Waals surface area (Å²) in [4.78, 5) is 0. The van der Waals surface area contributed by atoms with Crippen LogP contribution in [-0.2, 0) is 4.74 Å². The average Bonchev–Trinajstić information content (AvgIpc) is 2.87. The van der Waals surface area contributed by atoms with Gasteiger partial charge in [0.05, 0.1) is 6.10 Å². The SMILES string of the molecule is C=CC1(C)OC1C/C=C(\C)CCC=C(C)C. The maximum atomic E-state index is 5.57. The van der Waals surface area contributed by atoms with E-state index in [-0.39, 0.29) is 5.60 Å². The van der Waals surface area contributed by atoms with Crippen LogP contribution in [0.1, 0.15) is 47.0 Å². The molecule has 0 N–H and O–H groups in total. The molecule has 0 amide bonds. The molecule has 0 aliphatic carbocycles. The molecule has 1 nitrogen and oxygen atoms in total. The minimum absolute atomic E-state index is 0.0588. The van der Waals surface area contributed by atoms with Crippen LogP contribution in [0.3, 0.4) is 0 Å². The second-order valence-corrected chi connectivity index (χ2v) is 5.10. The number of rotatable bonds is 6. The Hall–Kier alpha value is -0.820. The molecule has 1 saturated heterocycles. The summed E-state index contributed by atoms with van der Waals surface area (Å²) in [6.07, 6.45) is 10.2. The first kappa shape index (κ1) is 13.2. The molecule has 0 spiro atoms. The zero-order valence-electron chi connectivity index (χ0n) is 11.0. The summed E-state index contributed by atoms with van der Waals surface area (Å²) >= 11 is 0. The molecule has 0 aromatic carbocycles. The second-order valence-electron chi connectivity index (χ2n) is 5.10. The van der Waals surface area contributed by atoms with Crippen LogP contribution >= 0.6 is 0 Å². The van der Waals surface area contributed by atoms with E-state index in [1.54, 1.807) is 0 Å². The zero-order valence-corrected chi connectivity index (χ0v) is 11.0. The summed E-state index contributed by atoms with van der Waals surface area (Å²) in [6, 6.07) is 0. The molecule has 0 saturated carbocycles. The molecule has 1 aliphatic rings.